The first-order chi connectivity index (χ1) is 13.2. The van der Waals surface area contributed by atoms with Crippen molar-refractivity contribution < 1.29 is 36.9 Å². The van der Waals surface area contributed by atoms with E-state index >= 15 is 0 Å². The molecule has 2 aromatic carbocycles. The summed E-state index contributed by atoms with van der Waals surface area (Å²) in [5, 5.41) is 20.8. The second-order valence-corrected chi connectivity index (χ2v) is 4.70. The Morgan fingerprint density at radius 2 is 1.03 bits per heavy atom. The molecule has 0 saturated heterocycles. The molecule has 154 valence electrons. The van der Waals surface area contributed by atoms with Crippen LogP contribution in [0.25, 0.3) is 0 Å². The molecule has 29 heavy (non-hydrogen) atoms. The van der Waals surface area contributed by atoms with Gasteiger partial charge in [-0.2, -0.15) is 0 Å². The topological polar surface area (TPSA) is 105 Å². The minimum Gasteiger partial charge on any atom is -0.515 e. The van der Waals surface area contributed by atoms with Gasteiger partial charge < -0.3 is 27.0 Å². The van der Waals surface area contributed by atoms with Crippen molar-refractivity contribution in [2.45, 2.75) is 0 Å². The van der Waals surface area contributed by atoms with Crippen LogP contribution in [0.2, 0.25) is 0 Å². The third-order valence-corrected chi connectivity index (χ3v) is 2.80. The van der Waals surface area contributed by atoms with Crippen LogP contribution in [0.3, 0.4) is 0 Å². The van der Waals surface area contributed by atoms with Crippen LogP contribution in [-0.4, -0.2) is 23.1 Å². The first kappa shape index (κ1) is 24.6. The van der Waals surface area contributed by atoms with E-state index in [4.69, 9.17) is 0 Å². The predicted molar refractivity (Wildman–Crippen MR) is 88.1 cm³/mol. The Morgan fingerprint density at radius 1 is 0.724 bits per heavy atom. The van der Waals surface area contributed by atoms with Gasteiger partial charge in [-0.15, -0.1) is 0 Å². The second kappa shape index (κ2) is 12.0. The summed E-state index contributed by atoms with van der Waals surface area (Å²) in [6.07, 6.45) is -3.86. The van der Waals surface area contributed by atoms with Crippen LogP contribution in [0.5, 0.6) is 11.5 Å². The standard InChI is InChI=1S/2C8H6F2NO3.Rf/c2*9-8(10)5-14-7-4-2-1-3-6(7)11(12)13;/h2*1-4H,5H2;/q2*-1;. The molecule has 8 nitrogen and oxygen atoms in total. The van der Waals surface area contributed by atoms with E-state index in [0.717, 1.165) is 0 Å². The molecule has 0 aliphatic rings. The Hall–Kier alpha value is -4.44. The van der Waals surface area contributed by atoms with Crippen molar-refractivity contribution in [1.29, 1.82) is 0 Å². The van der Waals surface area contributed by atoms with Crippen molar-refractivity contribution in [3.63, 3.8) is 0 Å². The maximum Gasteiger partial charge on any atom is 0.310 e. The number of halogens is 4. The number of nitro benzene ring substituents is 2. The molecule has 0 fully saturated rings. The average Bonchev–Trinajstić information content (AvgIpc) is 2.65. The SMILES string of the molecule is O=[N+]([O-])c1ccccc1OC[C-](F)F.O=[N+]([O-])c1ccccc1OC[C-](F)F.[Rf]. The number of ether oxygens (including phenoxy) is 2. The maximum absolute atomic E-state index is 11.7. The summed E-state index contributed by atoms with van der Waals surface area (Å²) in [7, 11) is 0. The molecule has 0 aromatic heterocycles. The minimum absolute atomic E-state index is 0. The zero-order chi connectivity index (χ0) is 21.1. The molecule has 0 saturated carbocycles. The van der Waals surface area contributed by atoms with Gasteiger partial charge in [-0.25, -0.2) is 0 Å². The van der Waals surface area contributed by atoms with Crippen LogP contribution in [0.15, 0.2) is 48.5 Å². The summed E-state index contributed by atoms with van der Waals surface area (Å²) < 4.78 is 55.8. The van der Waals surface area contributed by atoms with Crippen LogP contribution in [0, 0.1) is 33.1 Å². The Balaban J connectivity index is 0.000000523. The molecule has 0 aliphatic carbocycles. The van der Waals surface area contributed by atoms with Gasteiger partial charge in [0.25, 0.3) is 0 Å². The molecule has 0 atom stereocenters. The summed E-state index contributed by atoms with van der Waals surface area (Å²) in [6, 6.07) is 10.7. The normalized spacial score (nSPS) is 9.86. The van der Waals surface area contributed by atoms with E-state index < -0.39 is 35.9 Å². The third-order valence-electron chi connectivity index (χ3n) is 2.80. The zero-order valence-electron chi connectivity index (χ0n) is 14.6. The molecule has 2 aromatic rings. The molecule has 2 rings (SSSR count). The van der Waals surface area contributed by atoms with Crippen molar-refractivity contribution >= 4 is 11.4 Å². The van der Waals surface area contributed by atoms with E-state index in [1.165, 1.54) is 48.5 Å². The van der Waals surface area contributed by atoms with Crippen LogP contribution >= 0.6 is 0 Å². The van der Waals surface area contributed by atoms with Gasteiger partial charge in [-0.1, -0.05) is 24.3 Å². The predicted octanol–water partition coefficient (Wildman–Crippen LogP) is 4.80. The smallest absolute Gasteiger partial charge is 0.310 e. The first-order valence-corrected chi connectivity index (χ1v) is 7.28. The molecule has 0 amide bonds. The maximum atomic E-state index is 11.7. The Bertz CT molecular complexity index is 732. The van der Waals surface area contributed by atoms with E-state index in [1.807, 2.05) is 0 Å². The molecule has 0 N–H and O–H groups in total. The fourth-order valence-corrected chi connectivity index (χ4v) is 1.72. The molecule has 0 radical (unpaired) electrons. The van der Waals surface area contributed by atoms with E-state index in [0.29, 0.717) is 0 Å². The summed E-state index contributed by atoms with van der Waals surface area (Å²) in [4.78, 5) is 19.4. The van der Waals surface area contributed by atoms with Gasteiger partial charge in [0.05, 0.1) is 9.85 Å². The van der Waals surface area contributed by atoms with Crippen molar-refractivity contribution in [3.8, 4) is 11.5 Å². The molecule has 0 heterocycles. The monoisotopic (exact) mass is 671 g/mol. The summed E-state index contributed by atoms with van der Waals surface area (Å²) in [6.45, 7) is -1.85. The quantitative estimate of drug-likeness (QED) is 0.173. The molecule has 0 bridgehead atoms. The summed E-state index contributed by atoms with van der Waals surface area (Å²) >= 11 is 0. The van der Waals surface area contributed by atoms with Crippen LogP contribution in [0.4, 0.5) is 28.9 Å². The Morgan fingerprint density at radius 3 is 1.31 bits per heavy atom. The van der Waals surface area contributed by atoms with Crippen LogP contribution in [0.1, 0.15) is 0 Å². The summed E-state index contributed by atoms with van der Waals surface area (Å²) in [5.41, 5.74) is -0.650. The van der Waals surface area contributed by atoms with Crippen molar-refractivity contribution in [2.75, 3.05) is 13.2 Å². The number of benzene rings is 2. The molecular formula is C16H12F4N2O6Rf-2. The van der Waals surface area contributed by atoms with E-state index in [-0.39, 0.29) is 22.9 Å². The molecular weight excluding hydrogens is 659 g/mol. The van der Waals surface area contributed by atoms with E-state index in [9.17, 15) is 37.8 Å². The number of rotatable bonds is 8. The van der Waals surface area contributed by atoms with Gasteiger partial charge in [0.15, 0.2) is 11.5 Å². The number of nitrogens with zero attached hydrogens (tertiary/aromatic N) is 2. The van der Waals surface area contributed by atoms with Gasteiger partial charge in [0.2, 0.25) is 0 Å². The van der Waals surface area contributed by atoms with Crippen molar-refractivity contribution in [3.05, 3.63) is 81.6 Å². The molecule has 0 spiro atoms. The third kappa shape index (κ3) is 8.66. The second-order valence-electron chi connectivity index (χ2n) is 4.70. The van der Waals surface area contributed by atoms with Gasteiger partial charge in [-0.05, 0) is 12.1 Å². The van der Waals surface area contributed by atoms with Gasteiger partial charge in [0, 0.05) is 38.2 Å². The van der Waals surface area contributed by atoms with Gasteiger partial charge in [0.1, 0.15) is 0 Å². The summed E-state index contributed by atoms with van der Waals surface area (Å²) in [5.74, 6) is -0.324. The van der Waals surface area contributed by atoms with E-state index in [1.54, 1.807) is 0 Å². The number of nitro groups is 2. The molecule has 13 heteroatoms. The van der Waals surface area contributed by atoms with E-state index in [2.05, 4.69) is 9.47 Å². The molecule has 0 aliphatic heterocycles. The fraction of sp³-hybridized carbons (Fsp3) is 0.125. The van der Waals surface area contributed by atoms with Crippen molar-refractivity contribution in [1.82, 2.24) is 0 Å². The first-order valence-electron chi connectivity index (χ1n) is 7.28. The number of hydrogen-bond donors (Lipinski definition) is 0. The largest absolute Gasteiger partial charge is 0.515 e. The minimum atomic E-state index is -1.93. The number of hydrogen-bond acceptors (Lipinski definition) is 6. The zero-order valence-corrected chi connectivity index (χ0v) is 21.0. The van der Waals surface area contributed by atoms with Crippen LogP contribution in [-0.2, 0) is 0 Å². The van der Waals surface area contributed by atoms with Gasteiger partial charge in [-0.3, -0.25) is 20.2 Å². The number of para-hydroxylation sites is 4. The fourth-order valence-electron chi connectivity index (χ4n) is 1.72. The van der Waals surface area contributed by atoms with Gasteiger partial charge >= 0.3 is 11.4 Å². The molecule has 0 unspecified atom stereocenters. The Labute approximate surface area is 155 Å². The van der Waals surface area contributed by atoms with Crippen LogP contribution < -0.4 is 9.47 Å². The average molecular weight is 671 g/mol. The van der Waals surface area contributed by atoms with Crippen molar-refractivity contribution in [2.24, 2.45) is 0 Å². The Kier molecular flexibility index (Phi) is 10.2.